The second kappa shape index (κ2) is 5.50. The Hall–Kier alpha value is -0.0800. The van der Waals surface area contributed by atoms with Gasteiger partial charge in [-0.25, -0.2) is 0 Å². The summed E-state index contributed by atoms with van der Waals surface area (Å²) in [7, 11) is 0. The Labute approximate surface area is 113 Å². The average molecular weight is 250 g/mol. The van der Waals surface area contributed by atoms with Crippen molar-refractivity contribution in [3.05, 3.63) is 0 Å². The Morgan fingerprint density at radius 2 is 1.72 bits per heavy atom. The van der Waals surface area contributed by atoms with Crippen molar-refractivity contribution in [3.8, 4) is 0 Å². The van der Waals surface area contributed by atoms with Gasteiger partial charge in [-0.1, -0.05) is 19.8 Å². The molecule has 104 valence electrons. The van der Waals surface area contributed by atoms with Gasteiger partial charge in [0, 0.05) is 30.7 Å². The molecule has 2 aliphatic carbocycles. The second-order valence-electron chi connectivity index (χ2n) is 7.19. The lowest BCUT2D eigenvalue weighted by Gasteiger charge is -2.22. The van der Waals surface area contributed by atoms with Crippen LogP contribution in [0, 0.1) is 5.92 Å². The van der Waals surface area contributed by atoms with E-state index in [1.807, 2.05) is 0 Å². The minimum absolute atomic E-state index is 0.777. The van der Waals surface area contributed by atoms with E-state index in [0.29, 0.717) is 0 Å². The molecule has 0 aromatic heterocycles. The quantitative estimate of drug-likeness (QED) is 0.774. The molecule has 2 saturated carbocycles. The van der Waals surface area contributed by atoms with Crippen LogP contribution in [-0.2, 0) is 0 Å². The zero-order valence-electron chi connectivity index (χ0n) is 12.2. The molecule has 3 aliphatic rings. The van der Waals surface area contributed by atoms with E-state index in [1.54, 1.807) is 0 Å². The van der Waals surface area contributed by atoms with Gasteiger partial charge in [-0.3, -0.25) is 4.90 Å². The van der Waals surface area contributed by atoms with Gasteiger partial charge < -0.3 is 5.32 Å². The van der Waals surface area contributed by atoms with Gasteiger partial charge in [-0.05, 0) is 51.4 Å². The van der Waals surface area contributed by atoms with E-state index < -0.39 is 0 Å². The number of likely N-dealkylation sites (tertiary alicyclic amines) is 1. The summed E-state index contributed by atoms with van der Waals surface area (Å²) >= 11 is 0. The number of nitrogens with zero attached hydrogens (tertiary/aromatic N) is 1. The summed E-state index contributed by atoms with van der Waals surface area (Å²) in [5.74, 6) is 0.960. The van der Waals surface area contributed by atoms with Gasteiger partial charge in [0.2, 0.25) is 0 Å². The van der Waals surface area contributed by atoms with E-state index in [0.717, 1.165) is 30.1 Å². The van der Waals surface area contributed by atoms with Gasteiger partial charge in [0.25, 0.3) is 0 Å². The van der Waals surface area contributed by atoms with Gasteiger partial charge in [0.1, 0.15) is 0 Å². The van der Waals surface area contributed by atoms with Crippen LogP contribution in [0.1, 0.15) is 65.2 Å². The maximum atomic E-state index is 3.98. The minimum Gasteiger partial charge on any atom is -0.310 e. The second-order valence-corrected chi connectivity index (χ2v) is 7.19. The van der Waals surface area contributed by atoms with Crippen molar-refractivity contribution in [2.45, 2.75) is 89.4 Å². The molecule has 0 spiro atoms. The third-order valence-corrected chi connectivity index (χ3v) is 5.37. The zero-order valence-corrected chi connectivity index (χ0v) is 12.2. The van der Waals surface area contributed by atoms with Crippen molar-refractivity contribution in [2.24, 2.45) is 5.92 Å². The monoisotopic (exact) mass is 250 g/mol. The lowest BCUT2D eigenvalue weighted by Crippen LogP contribution is -2.40. The SMILES string of the molecule is CC1CCCC(NC2CC(C)N(C3CC3)C2)CC1. The van der Waals surface area contributed by atoms with Crippen LogP contribution in [0.2, 0.25) is 0 Å². The lowest BCUT2D eigenvalue weighted by molar-refractivity contribution is 0.253. The van der Waals surface area contributed by atoms with Crippen molar-refractivity contribution in [2.75, 3.05) is 6.54 Å². The van der Waals surface area contributed by atoms with Crippen LogP contribution in [0.25, 0.3) is 0 Å². The third-order valence-electron chi connectivity index (χ3n) is 5.37. The Morgan fingerprint density at radius 1 is 0.889 bits per heavy atom. The van der Waals surface area contributed by atoms with E-state index >= 15 is 0 Å². The Bertz CT molecular complexity index is 274. The number of rotatable bonds is 3. The molecule has 4 atom stereocenters. The highest BCUT2D eigenvalue weighted by Crippen LogP contribution is 2.33. The van der Waals surface area contributed by atoms with Crippen molar-refractivity contribution < 1.29 is 0 Å². The van der Waals surface area contributed by atoms with Gasteiger partial charge in [-0.15, -0.1) is 0 Å². The standard InChI is InChI=1S/C16H30N2/c1-12-4-3-5-14(7-6-12)17-15-10-13(2)18(11-15)16-8-9-16/h12-17H,3-11H2,1-2H3. The normalized spacial score (nSPS) is 43.0. The first-order valence-corrected chi connectivity index (χ1v) is 8.24. The molecule has 0 aromatic rings. The molecule has 0 aromatic carbocycles. The molecule has 0 amide bonds. The van der Waals surface area contributed by atoms with Crippen molar-refractivity contribution in [1.29, 1.82) is 0 Å². The predicted octanol–water partition coefficient (Wildman–Crippen LogP) is 3.17. The van der Waals surface area contributed by atoms with Crippen LogP contribution in [0.15, 0.2) is 0 Å². The summed E-state index contributed by atoms with van der Waals surface area (Å²) in [6, 6.07) is 3.35. The summed E-state index contributed by atoms with van der Waals surface area (Å²) in [5.41, 5.74) is 0. The molecule has 1 aliphatic heterocycles. The van der Waals surface area contributed by atoms with E-state index in [-0.39, 0.29) is 0 Å². The summed E-state index contributed by atoms with van der Waals surface area (Å²) < 4.78 is 0. The number of nitrogens with one attached hydrogen (secondary N) is 1. The topological polar surface area (TPSA) is 15.3 Å². The first-order valence-electron chi connectivity index (χ1n) is 8.24. The van der Waals surface area contributed by atoms with E-state index in [4.69, 9.17) is 0 Å². The number of hydrogen-bond donors (Lipinski definition) is 1. The van der Waals surface area contributed by atoms with Crippen LogP contribution < -0.4 is 5.32 Å². The Kier molecular flexibility index (Phi) is 3.95. The van der Waals surface area contributed by atoms with Gasteiger partial charge in [0.05, 0.1) is 0 Å². The highest BCUT2D eigenvalue weighted by atomic mass is 15.3. The molecule has 1 heterocycles. The average Bonchev–Trinajstić information content (AvgIpc) is 3.12. The molecule has 18 heavy (non-hydrogen) atoms. The molecule has 1 saturated heterocycles. The van der Waals surface area contributed by atoms with Crippen molar-refractivity contribution in [3.63, 3.8) is 0 Å². The minimum atomic E-state index is 0.777. The summed E-state index contributed by atoms with van der Waals surface area (Å²) in [6.07, 6.45) is 11.4. The first kappa shape index (κ1) is 12.9. The first-order chi connectivity index (χ1) is 8.72. The summed E-state index contributed by atoms with van der Waals surface area (Å²) in [6.45, 7) is 6.17. The van der Waals surface area contributed by atoms with Gasteiger partial charge in [0.15, 0.2) is 0 Å². The van der Waals surface area contributed by atoms with Crippen LogP contribution in [0.3, 0.4) is 0 Å². The molecule has 2 nitrogen and oxygen atoms in total. The highest BCUT2D eigenvalue weighted by molar-refractivity contribution is 4.96. The van der Waals surface area contributed by atoms with Crippen LogP contribution >= 0.6 is 0 Å². The highest BCUT2D eigenvalue weighted by Gasteiger charge is 2.39. The largest absolute Gasteiger partial charge is 0.310 e. The predicted molar refractivity (Wildman–Crippen MR) is 76.8 cm³/mol. The summed E-state index contributed by atoms with van der Waals surface area (Å²) in [5, 5.41) is 3.98. The van der Waals surface area contributed by atoms with Gasteiger partial charge >= 0.3 is 0 Å². The van der Waals surface area contributed by atoms with Crippen molar-refractivity contribution >= 4 is 0 Å². The number of hydrogen-bond acceptors (Lipinski definition) is 2. The smallest absolute Gasteiger partial charge is 0.0212 e. The molecule has 3 rings (SSSR count). The molecule has 2 heteroatoms. The Morgan fingerprint density at radius 3 is 2.50 bits per heavy atom. The van der Waals surface area contributed by atoms with Crippen LogP contribution in [-0.4, -0.2) is 35.6 Å². The van der Waals surface area contributed by atoms with Crippen LogP contribution in [0.4, 0.5) is 0 Å². The third kappa shape index (κ3) is 3.08. The van der Waals surface area contributed by atoms with E-state index in [1.165, 1.54) is 57.9 Å². The molecule has 3 fully saturated rings. The zero-order chi connectivity index (χ0) is 12.5. The van der Waals surface area contributed by atoms with Gasteiger partial charge in [-0.2, -0.15) is 0 Å². The maximum Gasteiger partial charge on any atom is 0.0212 e. The molecule has 1 N–H and O–H groups in total. The maximum absolute atomic E-state index is 3.98. The fourth-order valence-corrected chi connectivity index (χ4v) is 4.08. The van der Waals surface area contributed by atoms with Crippen molar-refractivity contribution in [1.82, 2.24) is 10.2 Å². The van der Waals surface area contributed by atoms with E-state index in [9.17, 15) is 0 Å². The molecule has 0 bridgehead atoms. The Balaban J connectivity index is 1.47. The molecular formula is C16H30N2. The fraction of sp³-hybridized carbons (Fsp3) is 1.00. The fourth-order valence-electron chi connectivity index (χ4n) is 4.08. The molecule has 0 radical (unpaired) electrons. The molecular weight excluding hydrogens is 220 g/mol. The lowest BCUT2D eigenvalue weighted by atomic mass is 10.0. The van der Waals surface area contributed by atoms with Crippen LogP contribution in [0.5, 0.6) is 0 Å². The molecule has 4 unspecified atom stereocenters. The van der Waals surface area contributed by atoms with E-state index in [2.05, 4.69) is 24.1 Å². The summed E-state index contributed by atoms with van der Waals surface area (Å²) in [4.78, 5) is 2.76.